The molecular formula is C19H21N3O3. The van der Waals surface area contributed by atoms with Gasteiger partial charge in [-0.25, -0.2) is 9.78 Å². The van der Waals surface area contributed by atoms with Crippen LogP contribution in [-0.4, -0.2) is 25.8 Å². The lowest BCUT2D eigenvalue weighted by atomic mass is 10.2. The summed E-state index contributed by atoms with van der Waals surface area (Å²) >= 11 is 0. The first-order valence-electron chi connectivity index (χ1n) is 8.08. The van der Waals surface area contributed by atoms with Gasteiger partial charge in [-0.3, -0.25) is 13.9 Å². The van der Waals surface area contributed by atoms with Crippen LogP contribution in [0.3, 0.4) is 0 Å². The maximum Gasteiger partial charge on any atom is 0.418 e. The second kappa shape index (κ2) is 5.88. The fourth-order valence-corrected chi connectivity index (χ4v) is 2.79. The number of fused-ring (bicyclic) bond motifs is 1. The van der Waals surface area contributed by atoms with Gasteiger partial charge in [-0.1, -0.05) is 0 Å². The van der Waals surface area contributed by atoms with E-state index in [1.54, 1.807) is 36.7 Å². The van der Waals surface area contributed by atoms with Crippen LogP contribution in [0.5, 0.6) is 0 Å². The first kappa shape index (κ1) is 17.0. The third kappa shape index (κ3) is 3.33. The van der Waals surface area contributed by atoms with Crippen LogP contribution >= 0.6 is 0 Å². The molecule has 0 atom stereocenters. The van der Waals surface area contributed by atoms with Crippen molar-refractivity contribution >= 4 is 17.0 Å². The van der Waals surface area contributed by atoms with Crippen molar-refractivity contribution < 1.29 is 9.53 Å². The standard InChI is InChI=1S/C19H21N3O3/c1-12-10-17(23)22(13(2)20-12)15-6-7-16-14(11-15)8-9-21(16)18(24)25-19(3,4)5/h6-11H,1-5H3. The minimum absolute atomic E-state index is 0.129. The van der Waals surface area contributed by atoms with E-state index >= 15 is 0 Å². The number of ether oxygens (including phenoxy) is 1. The van der Waals surface area contributed by atoms with Crippen molar-refractivity contribution in [2.75, 3.05) is 0 Å². The number of hydrogen-bond acceptors (Lipinski definition) is 4. The summed E-state index contributed by atoms with van der Waals surface area (Å²) in [5.74, 6) is 0.621. The third-order valence-electron chi connectivity index (χ3n) is 3.74. The predicted molar refractivity (Wildman–Crippen MR) is 96.4 cm³/mol. The van der Waals surface area contributed by atoms with Crippen LogP contribution in [-0.2, 0) is 4.74 Å². The number of nitrogens with zero attached hydrogens (tertiary/aromatic N) is 3. The number of benzene rings is 1. The molecule has 3 aromatic rings. The Morgan fingerprint density at radius 2 is 1.84 bits per heavy atom. The number of aryl methyl sites for hydroxylation is 2. The van der Waals surface area contributed by atoms with Crippen molar-refractivity contribution in [1.82, 2.24) is 14.1 Å². The monoisotopic (exact) mass is 339 g/mol. The van der Waals surface area contributed by atoms with Gasteiger partial charge in [-0.05, 0) is 58.9 Å². The maximum absolute atomic E-state index is 12.3. The molecule has 0 saturated heterocycles. The number of aromatic nitrogens is 3. The lowest BCUT2D eigenvalue weighted by molar-refractivity contribution is 0.0544. The van der Waals surface area contributed by atoms with Crippen LogP contribution in [0.2, 0.25) is 0 Å². The Labute approximate surface area is 145 Å². The van der Waals surface area contributed by atoms with Crippen molar-refractivity contribution in [1.29, 1.82) is 0 Å². The van der Waals surface area contributed by atoms with Gasteiger partial charge in [0.1, 0.15) is 11.4 Å². The first-order valence-corrected chi connectivity index (χ1v) is 8.08. The Bertz CT molecular complexity index is 1020. The number of hydrogen-bond donors (Lipinski definition) is 0. The Morgan fingerprint density at radius 1 is 1.12 bits per heavy atom. The summed E-state index contributed by atoms with van der Waals surface area (Å²) in [7, 11) is 0. The molecule has 0 radical (unpaired) electrons. The molecular weight excluding hydrogens is 318 g/mol. The fourth-order valence-electron chi connectivity index (χ4n) is 2.79. The Balaban J connectivity index is 2.07. The molecule has 0 bridgehead atoms. The Morgan fingerprint density at radius 3 is 2.48 bits per heavy atom. The van der Waals surface area contributed by atoms with E-state index in [2.05, 4.69) is 4.98 Å². The van der Waals surface area contributed by atoms with Crippen molar-refractivity contribution in [3.05, 3.63) is 58.4 Å². The second-order valence-electron chi connectivity index (χ2n) is 7.03. The topological polar surface area (TPSA) is 66.1 Å². The zero-order valence-corrected chi connectivity index (χ0v) is 15.0. The molecule has 0 aliphatic carbocycles. The Kier molecular flexibility index (Phi) is 3.99. The lowest BCUT2D eigenvalue weighted by Crippen LogP contribution is -2.26. The molecule has 0 fully saturated rings. The van der Waals surface area contributed by atoms with Crippen LogP contribution in [0.1, 0.15) is 32.3 Å². The summed E-state index contributed by atoms with van der Waals surface area (Å²) in [5, 5.41) is 0.843. The maximum atomic E-state index is 12.3. The number of rotatable bonds is 1. The molecule has 1 aromatic carbocycles. The summed E-state index contributed by atoms with van der Waals surface area (Å²) in [6.07, 6.45) is 1.24. The van der Waals surface area contributed by atoms with E-state index < -0.39 is 11.7 Å². The molecule has 0 amide bonds. The van der Waals surface area contributed by atoms with E-state index in [-0.39, 0.29) is 5.56 Å². The van der Waals surface area contributed by atoms with Gasteiger partial charge < -0.3 is 4.74 Å². The molecule has 2 aromatic heterocycles. The number of carbonyl (C=O) groups is 1. The van der Waals surface area contributed by atoms with Crippen LogP contribution in [0.4, 0.5) is 4.79 Å². The second-order valence-corrected chi connectivity index (χ2v) is 7.03. The van der Waals surface area contributed by atoms with Crippen LogP contribution < -0.4 is 5.56 Å². The highest BCUT2D eigenvalue weighted by Gasteiger charge is 2.19. The predicted octanol–water partition coefficient (Wildman–Crippen LogP) is 3.59. The molecule has 3 rings (SSSR count). The molecule has 0 aliphatic rings. The molecule has 0 saturated carbocycles. The zero-order chi connectivity index (χ0) is 18.4. The van der Waals surface area contributed by atoms with Crippen molar-refractivity contribution in [2.45, 2.75) is 40.2 Å². The van der Waals surface area contributed by atoms with E-state index in [0.29, 0.717) is 17.2 Å². The quantitative estimate of drug-likeness (QED) is 0.679. The van der Waals surface area contributed by atoms with Gasteiger partial charge in [0.25, 0.3) is 5.56 Å². The van der Waals surface area contributed by atoms with E-state index in [9.17, 15) is 9.59 Å². The number of carbonyl (C=O) groups excluding carboxylic acids is 1. The fraction of sp³-hybridized carbons (Fsp3) is 0.316. The molecule has 0 spiro atoms. The minimum Gasteiger partial charge on any atom is -0.443 e. The largest absolute Gasteiger partial charge is 0.443 e. The highest BCUT2D eigenvalue weighted by atomic mass is 16.6. The summed E-state index contributed by atoms with van der Waals surface area (Å²) in [6.45, 7) is 9.07. The van der Waals surface area contributed by atoms with Gasteiger partial charge in [0.2, 0.25) is 0 Å². The Hall–Kier alpha value is -2.89. The summed E-state index contributed by atoms with van der Waals surface area (Å²) < 4.78 is 8.43. The molecule has 0 unspecified atom stereocenters. The highest BCUT2D eigenvalue weighted by molar-refractivity contribution is 5.90. The molecule has 0 N–H and O–H groups in total. The van der Waals surface area contributed by atoms with Gasteiger partial charge in [-0.2, -0.15) is 0 Å². The minimum atomic E-state index is -0.564. The van der Waals surface area contributed by atoms with Gasteiger partial charge in [-0.15, -0.1) is 0 Å². The van der Waals surface area contributed by atoms with Crippen molar-refractivity contribution in [2.24, 2.45) is 0 Å². The summed E-state index contributed by atoms with van der Waals surface area (Å²) in [5.41, 5.74) is 1.44. The molecule has 2 heterocycles. The van der Waals surface area contributed by atoms with Crippen LogP contribution in [0.25, 0.3) is 16.6 Å². The molecule has 130 valence electrons. The molecule has 6 nitrogen and oxygen atoms in total. The average molecular weight is 339 g/mol. The van der Waals surface area contributed by atoms with E-state index in [4.69, 9.17) is 4.74 Å². The van der Waals surface area contributed by atoms with Crippen LogP contribution in [0, 0.1) is 13.8 Å². The molecule has 6 heteroatoms. The SMILES string of the molecule is Cc1cc(=O)n(-c2ccc3c(ccn3C(=O)OC(C)(C)C)c2)c(C)n1. The van der Waals surface area contributed by atoms with Crippen molar-refractivity contribution in [3.8, 4) is 5.69 Å². The first-order chi connectivity index (χ1) is 11.7. The van der Waals surface area contributed by atoms with E-state index in [1.807, 2.05) is 32.9 Å². The summed E-state index contributed by atoms with van der Waals surface area (Å²) in [6, 6.07) is 8.80. The van der Waals surface area contributed by atoms with E-state index in [1.165, 1.54) is 10.6 Å². The van der Waals surface area contributed by atoms with Crippen molar-refractivity contribution in [3.63, 3.8) is 0 Å². The third-order valence-corrected chi connectivity index (χ3v) is 3.74. The molecule has 0 aliphatic heterocycles. The normalized spacial score (nSPS) is 11.7. The average Bonchev–Trinajstić information content (AvgIpc) is 2.87. The van der Waals surface area contributed by atoms with Gasteiger partial charge in [0, 0.05) is 23.3 Å². The van der Waals surface area contributed by atoms with E-state index in [0.717, 1.165) is 10.9 Å². The van der Waals surface area contributed by atoms with Gasteiger partial charge in [0.15, 0.2) is 0 Å². The van der Waals surface area contributed by atoms with Crippen LogP contribution in [0.15, 0.2) is 41.3 Å². The lowest BCUT2D eigenvalue weighted by Gasteiger charge is -2.19. The molecule has 25 heavy (non-hydrogen) atoms. The van der Waals surface area contributed by atoms with Gasteiger partial charge in [0.05, 0.1) is 11.2 Å². The highest BCUT2D eigenvalue weighted by Crippen LogP contribution is 2.21. The van der Waals surface area contributed by atoms with Gasteiger partial charge >= 0.3 is 6.09 Å². The zero-order valence-electron chi connectivity index (χ0n) is 15.0. The smallest absolute Gasteiger partial charge is 0.418 e. The summed E-state index contributed by atoms with van der Waals surface area (Å²) in [4.78, 5) is 29.0.